The van der Waals surface area contributed by atoms with Crippen molar-refractivity contribution in [3.8, 4) is 0 Å². The van der Waals surface area contributed by atoms with Crippen molar-refractivity contribution >= 4 is 11.9 Å². The molecule has 1 aliphatic rings. The highest BCUT2D eigenvalue weighted by molar-refractivity contribution is 5.94. The number of hydrogen-bond acceptors (Lipinski definition) is 5. The topological polar surface area (TPSA) is 81.4 Å². The Hall–Kier alpha value is -1.85. The molecule has 1 atom stereocenters. The average Bonchev–Trinajstić information content (AvgIpc) is 2.75. The minimum absolute atomic E-state index is 0.168. The predicted octanol–water partition coefficient (Wildman–Crippen LogP) is 0.356. The maximum absolute atomic E-state index is 11.4. The molecule has 1 saturated heterocycles. The first-order valence-corrected chi connectivity index (χ1v) is 4.13. The molecule has 1 fully saturated rings. The van der Waals surface area contributed by atoms with Crippen LogP contribution in [0.4, 0.5) is 4.79 Å². The van der Waals surface area contributed by atoms with Crippen LogP contribution in [-0.2, 0) is 4.74 Å². The van der Waals surface area contributed by atoms with E-state index in [-0.39, 0.29) is 30.6 Å². The normalized spacial score (nSPS) is 20.3. The lowest BCUT2D eigenvalue weighted by Gasteiger charge is -2.02. The van der Waals surface area contributed by atoms with Gasteiger partial charge in [-0.15, -0.1) is 0 Å². The number of nitrogens with one attached hydrogen (secondary N) is 1. The molecule has 1 aliphatic heterocycles. The quantitative estimate of drug-likeness (QED) is 0.705. The Morgan fingerprint density at radius 2 is 2.57 bits per heavy atom. The zero-order valence-corrected chi connectivity index (χ0v) is 7.23. The summed E-state index contributed by atoms with van der Waals surface area (Å²) < 4.78 is 9.31. The van der Waals surface area contributed by atoms with Crippen molar-refractivity contribution < 1.29 is 18.8 Å². The van der Waals surface area contributed by atoms with Crippen LogP contribution in [0.25, 0.3) is 0 Å². The molecule has 0 bridgehead atoms. The SMILES string of the molecule is O=C1N[C@@H](CC(=O)c2ccno2)CO1. The van der Waals surface area contributed by atoms with Gasteiger partial charge in [-0.1, -0.05) is 5.16 Å². The molecule has 0 aromatic carbocycles. The van der Waals surface area contributed by atoms with Gasteiger partial charge < -0.3 is 14.6 Å². The number of alkyl carbamates (subject to hydrolysis) is 1. The van der Waals surface area contributed by atoms with Crippen molar-refractivity contribution in [1.29, 1.82) is 0 Å². The second-order valence-corrected chi connectivity index (χ2v) is 2.94. The molecule has 1 N–H and O–H groups in total. The Balaban J connectivity index is 1.92. The third-order valence-electron chi connectivity index (χ3n) is 1.88. The third kappa shape index (κ3) is 1.73. The van der Waals surface area contributed by atoms with Gasteiger partial charge in [0, 0.05) is 12.5 Å². The molecule has 1 aromatic heterocycles. The standard InChI is InChI=1S/C8H8N2O4/c11-6(7-1-2-9-14-7)3-5-4-13-8(12)10-5/h1-2,5H,3-4H2,(H,10,12)/t5-/m0/s1. The van der Waals surface area contributed by atoms with Crippen LogP contribution in [0.1, 0.15) is 17.0 Å². The van der Waals surface area contributed by atoms with Gasteiger partial charge in [0.05, 0.1) is 12.2 Å². The summed E-state index contributed by atoms with van der Waals surface area (Å²) in [5.41, 5.74) is 0. The number of amides is 1. The average molecular weight is 196 g/mol. The fourth-order valence-electron chi connectivity index (χ4n) is 1.22. The van der Waals surface area contributed by atoms with Crippen molar-refractivity contribution in [3.05, 3.63) is 18.0 Å². The van der Waals surface area contributed by atoms with E-state index in [0.29, 0.717) is 0 Å². The summed E-state index contributed by atoms with van der Waals surface area (Å²) in [6.45, 7) is 0.221. The van der Waals surface area contributed by atoms with E-state index >= 15 is 0 Å². The van der Waals surface area contributed by atoms with Gasteiger partial charge >= 0.3 is 6.09 Å². The van der Waals surface area contributed by atoms with Gasteiger partial charge in [-0.3, -0.25) is 4.79 Å². The van der Waals surface area contributed by atoms with Gasteiger partial charge in [-0.25, -0.2) is 4.79 Å². The van der Waals surface area contributed by atoms with E-state index in [1.54, 1.807) is 0 Å². The molecular formula is C8H8N2O4. The first-order valence-electron chi connectivity index (χ1n) is 4.13. The molecule has 6 heteroatoms. The van der Waals surface area contributed by atoms with E-state index in [9.17, 15) is 9.59 Å². The first-order chi connectivity index (χ1) is 6.75. The highest BCUT2D eigenvalue weighted by Gasteiger charge is 2.25. The van der Waals surface area contributed by atoms with Gasteiger partial charge in [0.15, 0.2) is 0 Å². The number of nitrogens with zero attached hydrogens (tertiary/aromatic N) is 1. The van der Waals surface area contributed by atoms with E-state index in [2.05, 4.69) is 19.7 Å². The van der Waals surface area contributed by atoms with Crippen molar-refractivity contribution in [2.75, 3.05) is 6.61 Å². The summed E-state index contributed by atoms with van der Waals surface area (Å²) in [7, 11) is 0. The number of ketones is 1. The Kier molecular flexibility index (Phi) is 2.18. The second-order valence-electron chi connectivity index (χ2n) is 2.94. The largest absolute Gasteiger partial charge is 0.447 e. The molecule has 1 aromatic rings. The van der Waals surface area contributed by atoms with Crippen LogP contribution in [0.3, 0.4) is 0 Å². The van der Waals surface area contributed by atoms with Crippen LogP contribution < -0.4 is 5.32 Å². The van der Waals surface area contributed by atoms with Gasteiger partial charge in [0.2, 0.25) is 11.5 Å². The van der Waals surface area contributed by atoms with E-state index in [0.717, 1.165) is 0 Å². The predicted molar refractivity (Wildman–Crippen MR) is 43.7 cm³/mol. The molecular weight excluding hydrogens is 188 g/mol. The number of cyclic esters (lactones) is 1. The van der Waals surface area contributed by atoms with E-state index in [4.69, 9.17) is 0 Å². The minimum Gasteiger partial charge on any atom is -0.447 e. The Labute approximate surface area is 79.2 Å². The molecule has 74 valence electrons. The molecule has 0 saturated carbocycles. The Bertz CT molecular complexity index is 346. The molecule has 2 rings (SSSR count). The monoisotopic (exact) mass is 196 g/mol. The summed E-state index contributed by atoms with van der Waals surface area (Å²) in [5, 5.41) is 5.92. The van der Waals surface area contributed by atoms with Crippen molar-refractivity contribution in [3.63, 3.8) is 0 Å². The van der Waals surface area contributed by atoms with Crippen molar-refractivity contribution in [1.82, 2.24) is 10.5 Å². The maximum atomic E-state index is 11.4. The number of Topliss-reactive ketones (excluding diaryl/α,β-unsaturated/α-hetero) is 1. The van der Waals surface area contributed by atoms with Crippen LogP contribution in [0.15, 0.2) is 16.8 Å². The Morgan fingerprint density at radius 1 is 1.71 bits per heavy atom. The molecule has 2 heterocycles. The fourth-order valence-corrected chi connectivity index (χ4v) is 1.22. The van der Waals surface area contributed by atoms with Crippen molar-refractivity contribution in [2.45, 2.75) is 12.5 Å². The smallest absolute Gasteiger partial charge is 0.407 e. The third-order valence-corrected chi connectivity index (χ3v) is 1.88. The van der Waals surface area contributed by atoms with Crippen LogP contribution in [0, 0.1) is 0 Å². The molecule has 14 heavy (non-hydrogen) atoms. The molecule has 0 unspecified atom stereocenters. The molecule has 0 aliphatic carbocycles. The van der Waals surface area contributed by atoms with E-state index < -0.39 is 6.09 Å². The highest BCUT2D eigenvalue weighted by atomic mass is 16.6. The van der Waals surface area contributed by atoms with Crippen LogP contribution in [-0.4, -0.2) is 29.7 Å². The van der Waals surface area contributed by atoms with Gasteiger partial charge in [-0.2, -0.15) is 0 Å². The van der Waals surface area contributed by atoms with Crippen molar-refractivity contribution in [2.24, 2.45) is 0 Å². The summed E-state index contributed by atoms with van der Waals surface area (Å²) in [6, 6.07) is 1.22. The van der Waals surface area contributed by atoms with Gasteiger partial charge in [0.1, 0.15) is 6.61 Å². The number of carbonyl (C=O) groups excluding carboxylic acids is 2. The van der Waals surface area contributed by atoms with E-state index in [1.165, 1.54) is 12.3 Å². The summed E-state index contributed by atoms with van der Waals surface area (Å²) in [6.07, 6.45) is 1.08. The number of aromatic nitrogens is 1. The highest BCUT2D eigenvalue weighted by Crippen LogP contribution is 2.08. The summed E-state index contributed by atoms with van der Waals surface area (Å²) in [4.78, 5) is 22.1. The number of rotatable bonds is 3. The Morgan fingerprint density at radius 3 is 3.14 bits per heavy atom. The van der Waals surface area contributed by atoms with Crippen LogP contribution >= 0.6 is 0 Å². The maximum Gasteiger partial charge on any atom is 0.407 e. The summed E-state index contributed by atoms with van der Waals surface area (Å²) in [5.74, 6) is 0.00412. The zero-order valence-electron chi connectivity index (χ0n) is 7.23. The zero-order chi connectivity index (χ0) is 9.97. The van der Waals surface area contributed by atoms with Gasteiger partial charge in [0.25, 0.3) is 0 Å². The lowest BCUT2D eigenvalue weighted by molar-refractivity contribution is 0.0932. The molecule has 0 radical (unpaired) electrons. The summed E-state index contributed by atoms with van der Waals surface area (Å²) >= 11 is 0. The molecule has 6 nitrogen and oxygen atoms in total. The lowest BCUT2D eigenvalue weighted by atomic mass is 10.1. The first kappa shape index (κ1) is 8.74. The van der Waals surface area contributed by atoms with E-state index in [1.807, 2.05) is 0 Å². The van der Waals surface area contributed by atoms with Crippen LogP contribution in [0.2, 0.25) is 0 Å². The van der Waals surface area contributed by atoms with Crippen LogP contribution in [0.5, 0.6) is 0 Å². The molecule has 1 amide bonds. The number of ether oxygens (including phenoxy) is 1. The number of hydrogen-bond donors (Lipinski definition) is 1. The molecule has 0 spiro atoms. The van der Waals surface area contributed by atoms with Gasteiger partial charge in [-0.05, 0) is 0 Å². The second kappa shape index (κ2) is 3.49. The number of carbonyl (C=O) groups is 2. The fraction of sp³-hybridized carbons (Fsp3) is 0.375. The lowest BCUT2D eigenvalue weighted by Crippen LogP contribution is -2.28. The minimum atomic E-state index is -0.486.